The summed E-state index contributed by atoms with van der Waals surface area (Å²) in [6.07, 6.45) is 0. The quantitative estimate of drug-likeness (QED) is 0.886. The van der Waals surface area contributed by atoms with E-state index in [2.05, 4.69) is 53.0 Å². The summed E-state index contributed by atoms with van der Waals surface area (Å²) in [6, 6.07) is 8.43. The fourth-order valence-electron chi connectivity index (χ4n) is 2.03. The molecule has 0 fully saturated rings. The Morgan fingerprint density at radius 2 is 1.89 bits per heavy atom. The molecule has 102 valence electrons. The smallest absolute Gasteiger partial charge is 0.111 e. The molecule has 2 aromatic rings. The van der Waals surface area contributed by atoms with Gasteiger partial charge in [-0.15, -0.1) is 0 Å². The number of aromatic nitrogens is 2. The van der Waals surface area contributed by atoms with Crippen molar-refractivity contribution in [1.82, 2.24) is 9.97 Å². The Bertz CT molecular complexity index is 540. The van der Waals surface area contributed by atoms with Gasteiger partial charge in [0.2, 0.25) is 0 Å². The summed E-state index contributed by atoms with van der Waals surface area (Å²) in [6.45, 7) is 4.73. The van der Waals surface area contributed by atoms with Crippen LogP contribution in [0.3, 0.4) is 0 Å². The van der Waals surface area contributed by atoms with Crippen LogP contribution >= 0.6 is 0 Å². The molecule has 1 unspecified atom stereocenters. The highest BCUT2D eigenvalue weighted by atomic mass is 15.1. The van der Waals surface area contributed by atoms with Crippen LogP contribution in [0.15, 0.2) is 24.3 Å². The predicted octanol–water partition coefficient (Wildman–Crippen LogP) is 2.51. The lowest BCUT2D eigenvalue weighted by Gasteiger charge is -2.12. The van der Waals surface area contributed by atoms with Gasteiger partial charge in [-0.2, -0.15) is 0 Å². The van der Waals surface area contributed by atoms with E-state index in [-0.39, 0.29) is 5.92 Å². The molecule has 0 amide bonds. The summed E-state index contributed by atoms with van der Waals surface area (Å²) in [7, 11) is 4.08. The number of H-pyrrole nitrogens is 1. The van der Waals surface area contributed by atoms with Crippen molar-refractivity contribution in [3.63, 3.8) is 0 Å². The SMILES string of the molecule is Cc1[nH]c(C(C)CN)nc1-c1ccc(N(C)C)cc1. The molecule has 1 aromatic heterocycles. The van der Waals surface area contributed by atoms with Crippen molar-refractivity contribution < 1.29 is 0 Å². The number of imidazole rings is 1. The van der Waals surface area contributed by atoms with E-state index in [0.29, 0.717) is 6.54 Å². The average Bonchev–Trinajstić information content (AvgIpc) is 2.80. The highest BCUT2D eigenvalue weighted by Gasteiger charge is 2.13. The van der Waals surface area contributed by atoms with Crippen LogP contribution in [0.1, 0.15) is 24.4 Å². The summed E-state index contributed by atoms with van der Waals surface area (Å²) in [4.78, 5) is 10.1. The van der Waals surface area contributed by atoms with Gasteiger partial charge in [-0.25, -0.2) is 4.98 Å². The maximum Gasteiger partial charge on any atom is 0.111 e. The Balaban J connectivity index is 2.33. The molecular weight excluding hydrogens is 236 g/mol. The van der Waals surface area contributed by atoms with Crippen molar-refractivity contribution in [2.24, 2.45) is 5.73 Å². The van der Waals surface area contributed by atoms with Gasteiger partial charge in [0.1, 0.15) is 5.82 Å². The molecule has 0 bridgehead atoms. The van der Waals surface area contributed by atoms with E-state index in [1.165, 1.54) is 5.69 Å². The fourth-order valence-corrected chi connectivity index (χ4v) is 2.03. The van der Waals surface area contributed by atoms with Crippen molar-refractivity contribution in [3.8, 4) is 11.3 Å². The largest absolute Gasteiger partial charge is 0.378 e. The first-order valence-electron chi connectivity index (χ1n) is 6.57. The predicted molar refractivity (Wildman–Crippen MR) is 80.6 cm³/mol. The van der Waals surface area contributed by atoms with Gasteiger partial charge < -0.3 is 15.6 Å². The molecule has 0 saturated carbocycles. The molecule has 3 N–H and O–H groups in total. The number of nitrogens with two attached hydrogens (primary N) is 1. The molecule has 2 rings (SSSR count). The van der Waals surface area contributed by atoms with Crippen LogP contribution in [-0.4, -0.2) is 30.6 Å². The van der Waals surface area contributed by atoms with Crippen LogP contribution in [0.25, 0.3) is 11.3 Å². The molecule has 0 radical (unpaired) electrons. The minimum Gasteiger partial charge on any atom is -0.378 e. The maximum atomic E-state index is 5.69. The Labute approximate surface area is 114 Å². The number of nitrogens with zero attached hydrogens (tertiary/aromatic N) is 2. The summed E-state index contributed by atoms with van der Waals surface area (Å²) in [5.74, 6) is 1.22. The Morgan fingerprint density at radius 3 is 2.42 bits per heavy atom. The van der Waals surface area contributed by atoms with Crippen LogP contribution < -0.4 is 10.6 Å². The number of anilines is 1. The zero-order valence-electron chi connectivity index (χ0n) is 12.1. The van der Waals surface area contributed by atoms with Crippen molar-refractivity contribution in [3.05, 3.63) is 35.8 Å². The highest BCUT2D eigenvalue weighted by Crippen LogP contribution is 2.25. The maximum absolute atomic E-state index is 5.69. The molecule has 0 aliphatic carbocycles. The van der Waals surface area contributed by atoms with Gasteiger partial charge in [0.25, 0.3) is 0 Å². The number of aryl methyl sites for hydroxylation is 1. The molecule has 4 heteroatoms. The third-order valence-corrected chi connectivity index (χ3v) is 3.38. The second kappa shape index (κ2) is 5.45. The van der Waals surface area contributed by atoms with Gasteiger partial charge in [-0.3, -0.25) is 0 Å². The summed E-state index contributed by atoms with van der Waals surface area (Å²) >= 11 is 0. The summed E-state index contributed by atoms with van der Waals surface area (Å²) in [5.41, 5.74) is 10.1. The van der Waals surface area contributed by atoms with E-state index >= 15 is 0 Å². The van der Waals surface area contributed by atoms with Crippen molar-refractivity contribution in [1.29, 1.82) is 0 Å². The Morgan fingerprint density at radius 1 is 1.26 bits per heavy atom. The lowest BCUT2D eigenvalue weighted by molar-refractivity contribution is 0.723. The minimum atomic E-state index is 0.258. The zero-order chi connectivity index (χ0) is 14.0. The normalized spacial score (nSPS) is 12.5. The average molecular weight is 258 g/mol. The zero-order valence-corrected chi connectivity index (χ0v) is 12.1. The monoisotopic (exact) mass is 258 g/mol. The number of hydrogen-bond donors (Lipinski definition) is 2. The molecular formula is C15H22N4. The molecule has 0 aliphatic rings. The van der Waals surface area contributed by atoms with E-state index < -0.39 is 0 Å². The summed E-state index contributed by atoms with van der Waals surface area (Å²) in [5, 5.41) is 0. The van der Waals surface area contributed by atoms with Crippen molar-refractivity contribution in [2.75, 3.05) is 25.5 Å². The standard InChI is InChI=1S/C15H22N4/c1-10(9-16)15-17-11(2)14(18-15)12-5-7-13(8-6-12)19(3)4/h5-8,10H,9,16H2,1-4H3,(H,17,18). The van der Waals surface area contributed by atoms with E-state index in [1.54, 1.807) is 0 Å². The van der Waals surface area contributed by atoms with Crippen molar-refractivity contribution in [2.45, 2.75) is 19.8 Å². The summed E-state index contributed by atoms with van der Waals surface area (Å²) < 4.78 is 0. The number of benzene rings is 1. The second-order valence-electron chi connectivity index (χ2n) is 5.17. The van der Waals surface area contributed by atoms with E-state index in [1.807, 2.05) is 14.1 Å². The van der Waals surface area contributed by atoms with Gasteiger partial charge in [0.15, 0.2) is 0 Å². The van der Waals surface area contributed by atoms with Crippen LogP contribution in [0.4, 0.5) is 5.69 Å². The van der Waals surface area contributed by atoms with Crippen LogP contribution in [0.5, 0.6) is 0 Å². The van der Waals surface area contributed by atoms with Crippen LogP contribution in [0.2, 0.25) is 0 Å². The van der Waals surface area contributed by atoms with Gasteiger partial charge in [-0.1, -0.05) is 19.1 Å². The third kappa shape index (κ3) is 2.79. The number of rotatable bonds is 4. The van der Waals surface area contributed by atoms with Crippen molar-refractivity contribution >= 4 is 5.69 Å². The first-order chi connectivity index (χ1) is 9.02. The third-order valence-electron chi connectivity index (χ3n) is 3.38. The second-order valence-corrected chi connectivity index (χ2v) is 5.17. The topological polar surface area (TPSA) is 57.9 Å². The first-order valence-corrected chi connectivity index (χ1v) is 6.57. The lowest BCUT2D eigenvalue weighted by atomic mass is 10.1. The molecule has 1 atom stereocenters. The van der Waals surface area contributed by atoms with Gasteiger partial charge in [0, 0.05) is 43.5 Å². The molecule has 0 saturated heterocycles. The van der Waals surface area contributed by atoms with Gasteiger partial charge in [-0.05, 0) is 19.1 Å². The van der Waals surface area contributed by atoms with Gasteiger partial charge in [0.05, 0.1) is 5.69 Å². The number of nitrogens with one attached hydrogen (secondary N) is 1. The highest BCUT2D eigenvalue weighted by molar-refractivity contribution is 5.65. The Hall–Kier alpha value is -1.81. The van der Waals surface area contributed by atoms with Crippen LogP contribution in [0, 0.1) is 6.92 Å². The molecule has 1 heterocycles. The van der Waals surface area contributed by atoms with E-state index in [9.17, 15) is 0 Å². The van der Waals surface area contributed by atoms with Gasteiger partial charge >= 0.3 is 0 Å². The molecule has 0 spiro atoms. The lowest BCUT2D eigenvalue weighted by Crippen LogP contribution is -2.10. The molecule has 1 aromatic carbocycles. The molecule has 19 heavy (non-hydrogen) atoms. The number of hydrogen-bond acceptors (Lipinski definition) is 3. The number of aromatic amines is 1. The van der Waals surface area contributed by atoms with E-state index in [0.717, 1.165) is 22.8 Å². The fraction of sp³-hybridized carbons (Fsp3) is 0.400. The molecule has 4 nitrogen and oxygen atoms in total. The minimum absolute atomic E-state index is 0.258. The van der Waals surface area contributed by atoms with E-state index in [4.69, 9.17) is 5.73 Å². The molecule has 0 aliphatic heterocycles. The Kier molecular flexibility index (Phi) is 3.90. The van der Waals surface area contributed by atoms with Crippen LogP contribution in [-0.2, 0) is 0 Å². The first kappa shape index (κ1) is 13.6.